The zero-order valence-electron chi connectivity index (χ0n) is 37.3. The van der Waals surface area contributed by atoms with Crippen LogP contribution in [-0.4, -0.2) is 47.6 Å². The first-order valence-electron chi connectivity index (χ1n) is 23.3. The molecule has 6 heteroatoms. The zero-order valence-corrected chi connectivity index (χ0v) is 40.5. The molecular weight excluding hydrogens is 888 g/mol. The molecule has 0 spiro atoms. The molecule has 4 nitrogen and oxygen atoms in total. The number of aryl methyl sites for hydroxylation is 6. The van der Waals surface area contributed by atoms with Gasteiger partial charge in [0, 0.05) is 58.8 Å². The van der Waals surface area contributed by atoms with E-state index in [4.69, 9.17) is 0 Å². The molecular formula is C56H68Br2N4+2. The van der Waals surface area contributed by atoms with Gasteiger partial charge in [-0.05, 0) is 148 Å². The molecule has 2 fully saturated rings. The van der Waals surface area contributed by atoms with Crippen molar-refractivity contribution in [3.05, 3.63) is 179 Å². The summed E-state index contributed by atoms with van der Waals surface area (Å²) in [5, 5.41) is 2.15. The van der Waals surface area contributed by atoms with E-state index in [1.54, 1.807) is 0 Å². The number of likely N-dealkylation sites (tertiary alicyclic amines) is 2. The summed E-state index contributed by atoms with van der Waals surface area (Å²) in [6, 6.07) is 46.5. The van der Waals surface area contributed by atoms with Crippen LogP contribution in [0.4, 0.5) is 0 Å². The van der Waals surface area contributed by atoms with Gasteiger partial charge in [-0.15, -0.1) is 0 Å². The number of alkyl halides is 2. The van der Waals surface area contributed by atoms with E-state index < -0.39 is 0 Å². The average molecular weight is 957 g/mol. The monoisotopic (exact) mass is 954 g/mol. The van der Waals surface area contributed by atoms with Gasteiger partial charge in [0.1, 0.15) is 13.1 Å². The van der Waals surface area contributed by atoms with Crippen LogP contribution in [0.1, 0.15) is 96.8 Å². The van der Waals surface area contributed by atoms with Crippen molar-refractivity contribution in [2.45, 2.75) is 102 Å². The van der Waals surface area contributed by atoms with Crippen LogP contribution >= 0.6 is 31.9 Å². The summed E-state index contributed by atoms with van der Waals surface area (Å²) < 4.78 is 4.75. The third kappa shape index (κ3) is 13.5. The summed E-state index contributed by atoms with van der Waals surface area (Å²) in [5.41, 5.74) is 13.8. The van der Waals surface area contributed by atoms with Crippen molar-refractivity contribution >= 4 is 31.9 Å². The topological polar surface area (TPSA) is 14.2 Å². The highest BCUT2D eigenvalue weighted by atomic mass is 79.9. The van der Waals surface area contributed by atoms with Gasteiger partial charge in [0.25, 0.3) is 0 Å². The molecule has 324 valence electrons. The molecule has 6 aromatic rings. The second kappa shape index (κ2) is 24.2. The van der Waals surface area contributed by atoms with E-state index in [2.05, 4.69) is 211 Å². The lowest BCUT2D eigenvalue weighted by molar-refractivity contribution is -0.697. The smallest absolute Gasteiger partial charge is 0.173 e. The van der Waals surface area contributed by atoms with E-state index >= 15 is 0 Å². The number of nitrogens with zero attached hydrogens (tertiary/aromatic N) is 4. The summed E-state index contributed by atoms with van der Waals surface area (Å²) in [4.78, 5) is 4.98. The molecule has 62 heavy (non-hydrogen) atoms. The molecule has 2 aliphatic rings. The summed E-state index contributed by atoms with van der Waals surface area (Å²) in [5.74, 6) is 0. The van der Waals surface area contributed by atoms with Gasteiger partial charge in [-0.1, -0.05) is 129 Å². The Balaban J connectivity index is 0.000000242. The van der Waals surface area contributed by atoms with Crippen molar-refractivity contribution in [2.24, 2.45) is 0 Å². The fourth-order valence-electron chi connectivity index (χ4n) is 9.35. The maximum Gasteiger partial charge on any atom is 0.173 e. The van der Waals surface area contributed by atoms with Gasteiger partial charge in [0.05, 0.1) is 0 Å². The van der Waals surface area contributed by atoms with Crippen molar-refractivity contribution in [3.63, 3.8) is 0 Å². The lowest BCUT2D eigenvalue weighted by atomic mass is 10.00. The highest BCUT2D eigenvalue weighted by molar-refractivity contribution is 9.09. The number of hydrogen-bond donors (Lipinski definition) is 0. The van der Waals surface area contributed by atoms with E-state index in [9.17, 15) is 0 Å². The summed E-state index contributed by atoms with van der Waals surface area (Å²) in [6.07, 6.45) is 23.6. The van der Waals surface area contributed by atoms with Gasteiger partial charge in [0.2, 0.25) is 0 Å². The highest BCUT2D eigenvalue weighted by Gasteiger charge is 2.25. The minimum Gasteiger partial charge on any atom is -0.299 e. The molecule has 0 saturated carbocycles. The number of pyridine rings is 2. The Hall–Kier alpha value is -3.94. The van der Waals surface area contributed by atoms with Gasteiger partial charge in [-0.3, -0.25) is 9.80 Å². The van der Waals surface area contributed by atoms with E-state index in [1.807, 2.05) is 0 Å². The van der Waals surface area contributed by atoms with Crippen LogP contribution in [0.5, 0.6) is 0 Å². The van der Waals surface area contributed by atoms with Crippen LogP contribution in [0, 0.1) is 0 Å². The molecule has 4 heterocycles. The molecule has 2 saturated heterocycles. The van der Waals surface area contributed by atoms with Gasteiger partial charge in [0.15, 0.2) is 24.8 Å². The summed E-state index contributed by atoms with van der Waals surface area (Å²) in [6.45, 7) is 4.56. The molecule has 0 aliphatic carbocycles. The molecule has 0 N–H and O–H groups in total. The molecule has 8 rings (SSSR count). The molecule has 2 aliphatic heterocycles. The van der Waals surface area contributed by atoms with Crippen LogP contribution in [0.2, 0.25) is 0 Å². The minimum absolute atomic E-state index is 0.588. The second-order valence-electron chi connectivity index (χ2n) is 17.6. The standard InChI is InChI=1S/C38H48N4.C18H20Br2/c1-39-23-7-13-37(39)35-11-5-27-41(29-35)25-3-9-31-15-19-33(20-16-31)34-21-17-32(18-22-34)10-4-26-42-28-6-12-36(30-42)38-14-8-24-40(38)2;19-13-1-3-15-5-9-17(10-6-15)18-11-7-16(8-12-18)4-2-14-20/h5-6,11-12,15-22,27-30,37-38H,3-4,7-10,13-14,23-26H2,1-2H3;5-12H,1-4,13-14H2/q+2;/t37-,38-;/m1./s1. The molecule has 0 unspecified atom stereocenters. The second-order valence-corrected chi connectivity index (χ2v) is 19.2. The predicted molar refractivity (Wildman–Crippen MR) is 267 cm³/mol. The van der Waals surface area contributed by atoms with Crippen LogP contribution in [0.25, 0.3) is 22.3 Å². The minimum atomic E-state index is 0.588. The van der Waals surface area contributed by atoms with Crippen molar-refractivity contribution in [2.75, 3.05) is 37.8 Å². The first-order valence-corrected chi connectivity index (χ1v) is 25.6. The predicted octanol–water partition coefficient (Wildman–Crippen LogP) is 12.7. The molecule has 0 amide bonds. The van der Waals surface area contributed by atoms with Gasteiger partial charge < -0.3 is 0 Å². The van der Waals surface area contributed by atoms with Crippen molar-refractivity contribution in [1.29, 1.82) is 0 Å². The summed E-state index contributed by atoms with van der Waals surface area (Å²) >= 11 is 6.96. The normalized spacial score (nSPS) is 16.6. The van der Waals surface area contributed by atoms with Crippen LogP contribution in [0.3, 0.4) is 0 Å². The third-order valence-corrected chi connectivity index (χ3v) is 14.1. The average Bonchev–Trinajstić information content (AvgIpc) is 3.96. The van der Waals surface area contributed by atoms with E-state index in [0.717, 1.165) is 62.3 Å². The number of aromatic nitrogens is 2. The molecule has 4 aromatic carbocycles. The Morgan fingerprint density at radius 2 is 0.774 bits per heavy atom. The zero-order chi connectivity index (χ0) is 42.9. The number of hydrogen-bond acceptors (Lipinski definition) is 2. The number of benzene rings is 4. The SMILES string of the molecule is BrCCCc1ccc(-c2ccc(CCCBr)cc2)cc1.CN1CCC[C@@H]1c1ccc[n+](CCCc2ccc(-c3ccc(CCC[n+]4cccc([C@H]5CCCN5C)c4)cc3)cc2)c1. The Morgan fingerprint density at radius 1 is 0.452 bits per heavy atom. The van der Waals surface area contributed by atoms with Crippen LogP contribution in [-0.2, 0) is 38.8 Å². The first-order chi connectivity index (χ1) is 30.4. The third-order valence-electron chi connectivity index (χ3n) is 13.0. The van der Waals surface area contributed by atoms with Crippen molar-refractivity contribution < 1.29 is 9.13 Å². The van der Waals surface area contributed by atoms with E-state index in [1.165, 1.54) is 107 Å². The van der Waals surface area contributed by atoms with E-state index in [-0.39, 0.29) is 0 Å². The number of halogens is 2. The Kier molecular flexibility index (Phi) is 18.0. The fourth-order valence-corrected chi connectivity index (χ4v) is 9.91. The Bertz CT molecular complexity index is 2060. The van der Waals surface area contributed by atoms with Crippen molar-refractivity contribution in [1.82, 2.24) is 9.80 Å². The molecule has 2 atom stereocenters. The molecule has 0 radical (unpaired) electrons. The van der Waals surface area contributed by atoms with Crippen LogP contribution < -0.4 is 9.13 Å². The Labute approximate surface area is 390 Å². The van der Waals surface area contributed by atoms with Crippen LogP contribution in [0.15, 0.2) is 146 Å². The largest absolute Gasteiger partial charge is 0.299 e. The summed E-state index contributed by atoms with van der Waals surface area (Å²) in [7, 11) is 4.51. The molecule has 0 bridgehead atoms. The molecule has 2 aromatic heterocycles. The first kappa shape index (κ1) is 46.1. The lowest BCUT2D eigenvalue weighted by Crippen LogP contribution is -2.34. The highest BCUT2D eigenvalue weighted by Crippen LogP contribution is 2.30. The fraction of sp³-hybridized carbons (Fsp3) is 0.393. The Morgan fingerprint density at radius 3 is 1.06 bits per heavy atom. The maximum atomic E-state index is 3.48. The van der Waals surface area contributed by atoms with Gasteiger partial charge in [-0.2, -0.15) is 0 Å². The number of rotatable bonds is 18. The van der Waals surface area contributed by atoms with Gasteiger partial charge >= 0.3 is 0 Å². The van der Waals surface area contributed by atoms with Gasteiger partial charge in [-0.25, -0.2) is 9.13 Å². The maximum absolute atomic E-state index is 3.48. The van der Waals surface area contributed by atoms with Crippen molar-refractivity contribution in [3.8, 4) is 22.3 Å². The quantitative estimate of drug-likeness (QED) is 0.0630. The lowest BCUT2D eigenvalue weighted by Gasteiger charge is -2.18. The van der Waals surface area contributed by atoms with E-state index in [0.29, 0.717) is 12.1 Å².